The summed E-state index contributed by atoms with van der Waals surface area (Å²) in [6, 6.07) is 7.11. The molecule has 0 bridgehead atoms. The molecule has 0 saturated carbocycles. The lowest BCUT2D eigenvalue weighted by Gasteiger charge is -2.07. The second-order valence-corrected chi connectivity index (χ2v) is 7.66. The van der Waals surface area contributed by atoms with Crippen molar-refractivity contribution >= 4 is 21.4 Å². The Kier molecular flexibility index (Phi) is 3.97. The van der Waals surface area contributed by atoms with E-state index in [2.05, 4.69) is 15.5 Å². The van der Waals surface area contributed by atoms with Gasteiger partial charge in [-0.1, -0.05) is 17.7 Å². The smallest absolute Gasteiger partial charge is 0.247 e. The Labute approximate surface area is 127 Å². The highest BCUT2D eigenvalue weighted by Gasteiger charge is 2.27. The zero-order valence-electron chi connectivity index (χ0n) is 11.1. The first-order valence-corrected chi connectivity index (χ1v) is 8.74. The molecule has 1 aromatic carbocycles. The summed E-state index contributed by atoms with van der Waals surface area (Å²) in [5, 5.41) is 11.6. The van der Waals surface area contributed by atoms with E-state index in [4.69, 9.17) is 16.0 Å². The summed E-state index contributed by atoms with van der Waals surface area (Å²) in [4.78, 5) is 0. The summed E-state index contributed by atoms with van der Waals surface area (Å²) < 4.78 is 28.3. The number of hydrogen-bond donors (Lipinski definition) is 1. The number of aromatic nitrogens is 2. The van der Waals surface area contributed by atoms with Gasteiger partial charge in [-0.2, -0.15) is 0 Å². The molecule has 0 amide bonds. The third-order valence-electron chi connectivity index (χ3n) is 3.31. The summed E-state index contributed by atoms with van der Waals surface area (Å²) in [7, 11) is -2.89. The maximum atomic E-state index is 11.4. The number of sulfone groups is 1. The van der Waals surface area contributed by atoms with Gasteiger partial charge in [0.05, 0.1) is 18.1 Å². The maximum absolute atomic E-state index is 11.4. The number of halogens is 1. The highest BCUT2D eigenvalue weighted by molar-refractivity contribution is 7.91. The van der Waals surface area contributed by atoms with Crippen LogP contribution in [0, 0.1) is 0 Å². The predicted molar refractivity (Wildman–Crippen MR) is 78.6 cm³/mol. The number of benzene rings is 1. The van der Waals surface area contributed by atoms with Crippen LogP contribution in [0.2, 0.25) is 5.02 Å². The van der Waals surface area contributed by atoms with Crippen LogP contribution in [-0.2, 0) is 16.4 Å². The van der Waals surface area contributed by atoms with Crippen molar-refractivity contribution in [3.63, 3.8) is 0 Å². The van der Waals surface area contributed by atoms with Gasteiger partial charge in [-0.05, 0) is 24.6 Å². The van der Waals surface area contributed by atoms with Crippen LogP contribution in [0.3, 0.4) is 0 Å². The second kappa shape index (κ2) is 5.75. The fraction of sp³-hybridized carbons (Fsp3) is 0.385. The second-order valence-electron chi connectivity index (χ2n) is 4.99. The van der Waals surface area contributed by atoms with Crippen molar-refractivity contribution in [1.82, 2.24) is 15.5 Å². The molecular weight excluding hydrogens is 314 g/mol. The van der Waals surface area contributed by atoms with Crippen LogP contribution in [0.4, 0.5) is 0 Å². The molecule has 3 rings (SSSR count). The lowest BCUT2D eigenvalue weighted by atomic mass is 10.2. The Morgan fingerprint density at radius 1 is 1.38 bits per heavy atom. The van der Waals surface area contributed by atoms with Crippen molar-refractivity contribution in [2.75, 3.05) is 11.5 Å². The van der Waals surface area contributed by atoms with Crippen LogP contribution in [0.1, 0.15) is 12.3 Å². The Morgan fingerprint density at radius 3 is 2.95 bits per heavy atom. The first-order valence-electron chi connectivity index (χ1n) is 6.54. The zero-order valence-corrected chi connectivity index (χ0v) is 12.7. The average Bonchev–Trinajstić information content (AvgIpc) is 3.03. The van der Waals surface area contributed by atoms with Crippen LogP contribution in [0.15, 0.2) is 28.7 Å². The SMILES string of the molecule is O=S1(=O)CCC(NCc2nnc(-c3cccc(Cl)c3)o2)C1. The molecule has 1 N–H and O–H groups in total. The van der Waals surface area contributed by atoms with E-state index in [9.17, 15) is 8.42 Å². The maximum Gasteiger partial charge on any atom is 0.247 e. The quantitative estimate of drug-likeness (QED) is 0.919. The molecule has 1 saturated heterocycles. The van der Waals surface area contributed by atoms with Crippen molar-refractivity contribution in [3.05, 3.63) is 35.2 Å². The van der Waals surface area contributed by atoms with Crippen LogP contribution in [-0.4, -0.2) is 36.2 Å². The number of nitrogens with zero attached hydrogens (tertiary/aromatic N) is 2. The standard InChI is InChI=1S/C13H14ClN3O3S/c14-10-3-1-2-9(6-10)13-17-16-12(20-13)7-15-11-4-5-21(18,19)8-11/h1-3,6,11,15H,4-5,7-8H2. The summed E-state index contributed by atoms with van der Waals surface area (Å²) in [6.07, 6.45) is 0.623. The van der Waals surface area contributed by atoms with E-state index in [0.717, 1.165) is 5.56 Å². The zero-order chi connectivity index (χ0) is 14.9. The minimum absolute atomic E-state index is 0.0449. The van der Waals surface area contributed by atoms with Crippen LogP contribution in [0.25, 0.3) is 11.5 Å². The largest absolute Gasteiger partial charge is 0.419 e. The van der Waals surface area contributed by atoms with Crippen molar-refractivity contribution < 1.29 is 12.8 Å². The van der Waals surface area contributed by atoms with Gasteiger partial charge >= 0.3 is 0 Å². The molecule has 6 nitrogen and oxygen atoms in total. The molecule has 1 aliphatic rings. The number of nitrogens with one attached hydrogen (secondary N) is 1. The molecule has 1 fully saturated rings. The van der Waals surface area contributed by atoms with Crippen LogP contribution < -0.4 is 5.32 Å². The van der Waals surface area contributed by atoms with Crippen molar-refractivity contribution in [1.29, 1.82) is 0 Å². The van der Waals surface area contributed by atoms with E-state index in [1.807, 2.05) is 12.1 Å². The van der Waals surface area contributed by atoms with Gasteiger partial charge in [0.2, 0.25) is 11.8 Å². The summed E-state index contributed by atoms with van der Waals surface area (Å²) >= 11 is 5.92. The fourth-order valence-corrected chi connectivity index (χ4v) is 4.15. The molecule has 0 aliphatic carbocycles. The number of rotatable bonds is 4. The highest BCUT2D eigenvalue weighted by atomic mass is 35.5. The Hall–Kier alpha value is -1.44. The monoisotopic (exact) mass is 327 g/mol. The molecule has 1 unspecified atom stereocenters. The Bertz CT molecular complexity index is 745. The fourth-order valence-electron chi connectivity index (χ4n) is 2.25. The van der Waals surface area contributed by atoms with Gasteiger partial charge in [0.15, 0.2) is 9.84 Å². The first kappa shape index (κ1) is 14.5. The molecule has 0 radical (unpaired) electrons. The predicted octanol–water partition coefficient (Wildman–Crippen LogP) is 1.67. The molecule has 112 valence electrons. The molecule has 1 aliphatic heterocycles. The van der Waals surface area contributed by atoms with Crippen LogP contribution >= 0.6 is 11.6 Å². The van der Waals surface area contributed by atoms with E-state index < -0.39 is 9.84 Å². The van der Waals surface area contributed by atoms with E-state index in [-0.39, 0.29) is 17.5 Å². The third kappa shape index (κ3) is 3.61. The van der Waals surface area contributed by atoms with E-state index in [1.54, 1.807) is 12.1 Å². The molecule has 0 spiro atoms. The van der Waals surface area contributed by atoms with E-state index in [1.165, 1.54) is 0 Å². The van der Waals surface area contributed by atoms with Gasteiger partial charge in [0.25, 0.3) is 0 Å². The van der Waals surface area contributed by atoms with Gasteiger partial charge < -0.3 is 9.73 Å². The lowest BCUT2D eigenvalue weighted by molar-refractivity contribution is 0.451. The molecule has 2 heterocycles. The Balaban J connectivity index is 1.63. The normalized spacial score (nSPS) is 20.7. The first-order chi connectivity index (χ1) is 10.0. The van der Waals surface area contributed by atoms with Gasteiger partial charge in [0, 0.05) is 16.6 Å². The van der Waals surface area contributed by atoms with E-state index >= 15 is 0 Å². The summed E-state index contributed by atoms with van der Waals surface area (Å²) in [6.45, 7) is 0.355. The summed E-state index contributed by atoms with van der Waals surface area (Å²) in [5.41, 5.74) is 0.754. The molecule has 1 aromatic heterocycles. The van der Waals surface area contributed by atoms with Gasteiger partial charge in [-0.25, -0.2) is 8.42 Å². The number of hydrogen-bond acceptors (Lipinski definition) is 6. The third-order valence-corrected chi connectivity index (χ3v) is 5.32. The van der Waals surface area contributed by atoms with Crippen molar-refractivity contribution in [2.24, 2.45) is 0 Å². The van der Waals surface area contributed by atoms with Crippen molar-refractivity contribution in [3.8, 4) is 11.5 Å². The summed E-state index contributed by atoms with van der Waals surface area (Å²) in [5.74, 6) is 1.23. The minimum Gasteiger partial charge on any atom is -0.419 e. The van der Waals surface area contributed by atoms with Crippen LogP contribution in [0.5, 0.6) is 0 Å². The average molecular weight is 328 g/mol. The molecule has 21 heavy (non-hydrogen) atoms. The minimum atomic E-state index is -2.89. The molecule has 1 atom stereocenters. The molecular formula is C13H14ClN3O3S. The van der Waals surface area contributed by atoms with Crippen molar-refractivity contribution in [2.45, 2.75) is 19.0 Å². The van der Waals surface area contributed by atoms with Gasteiger partial charge in [-0.15, -0.1) is 10.2 Å². The molecule has 2 aromatic rings. The van der Waals surface area contributed by atoms with Gasteiger partial charge in [-0.3, -0.25) is 0 Å². The highest BCUT2D eigenvalue weighted by Crippen LogP contribution is 2.21. The lowest BCUT2D eigenvalue weighted by Crippen LogP contribution is -2.29. The van der Waals surface area contributed by atoms with Gasteiger partial charge in [0.1, 0.15) is 0 Å². The molecule has 8 heteroatoms. The topological polar surface area (TPSA) is 85.1 Å². The Morgan fingerprint density at radius 2 is 2.24 bits per heavy atom. The van der Waals surface area contributed by atoms with E-state index in [0.29, 0.717) is 29.8 Å².